The SMILES string of the molecule is COc1ccc(-c2cc(N)nc(=O)[nH]2)cc1Cl. The van der Waals surface area contributed by atoms with Crippen LogP contribution in [0, 0.1) is 0 Å². The molecule has 0 spiro atoms. The molecular formula is C11H10ClN3O2. The molecule has 0 fully saturated rings. The molecule has 0 saturated heterocycles. The maximum Gasteiger partial charge on any atom is 0.347 e. The molecule has 0 amide bonds. The average Bonchev–Trinajstić information content (AvgIpc) is 2.27. The lowest BCUT2D eigenvalue weighted by Crippen LogP contribution is -2.12. The second-order valence-corrected chi connectivity index (χ2v) is 3.78. The van der Waals surface area contributed by atoms with Crippen LogP contribution in [0.3, 0.4) is 0 Å². The summed E-state index contributed by atoms with van der Waals surface area (Å²) < 4.78 is 5.04. The van der Waals surface area contributed by atoms with Gasteiger partial charge in [0.1, 0.15) is 11.6 Å². The molecule has 6 heteroatoms. The average molecular weight is 252 g/mol. The summed E-state index contributed by atoms with van der Waals surface area (Å²) in [6.07, 6.45) is 0. The van der Waals surface area contributed by atoms with Gasteiger partial charge in [0.05, 0.1) is 17.8 Å². The third-order valence-corrected chi connectivity index (χ3v) is 2.52. The number of rotatable bonds is 2. The van der Waals surface area contributed by atoms with Gasteiger partial charge in [-0.25, -0.2) is 4.79 Å². The zero-order valence-corrected chi connectivity index (χ0v) is 9.78. The van der Waals surface area contributed by atoms with E-state index in [1.165, 1.54) is 7.11 Å². The number of hydrogen-bond donors (Lipinski definition) is 2. The van der Waals surface area contributed by atoms with Gasteiger partial charge in [-0.3, -0.25) is 0 Å². The fourth-order valence-corrected chi connectivity index (χ4v) is 1.72. The number of nitrogens with two attached hydrogens (primary N) is 1. The molecule has 0 radical (unpaired) electrons. The Balaban J connectivity index is 2.53. The van der Waals surface area contributed by atoms with Gasteiger partial charge in [0.15, 0.2) is 0 Å². The molecule has 0 bridgehead atoms. The molecule has 1 aromatic heterocycles. The van der Waals surface area contributed by atoms with Gasteiger partial charge in [-0.15, -0.1) is 0 Å². The van der Waals surface area contributed by atoms with Crippen LogP contribution in [0.25, 0.3) is 11.3 Å². The molecule has 0 aliphatic carbocycles. The Morgan fingerprint density at radius 2 is 2.18 bits per heavy atom. The highest BCUT2D eigenvalue weighted by Gasteiger charge is 2.05. The molecule has 5 nitrogen and oxygen atoms in total. The summed E-state index contributed by atoms with van der Waals surface area (Å²) in [7, 11) is 1.53. The summed E-state index contributed by atoms with van der Waals surface area (Å²) in [6, 6.07) is 6.74. The number of H-pyrrole nitrogens is 1. The third-order valence-electron chi connectivity index (χ3n) is 2.23. The topological polar surface area (TPSA) is 81.0 Å². The molecule has 2 aromatic rings. The Morgan fingerprint density at radius 1 is 1.41 bits per heavy atom. The summed E-state index contributed by atoms with van der Waals surface area (Å²) >= 11 is 6.00. The second kappa shape index (κ2) is 4.47. The van der Waals surface area contributed by atoms with Gasteiger partial charge in [0, 0.05) is 6.07 Å². The molecule has 17 heavy (non-hydrogen) atoms. The van der Waals surface area contributed by atoms with Crippen molar-refractivity contribution in [2.45, 2.75) is 0 Å². The van der Waals surface area contributed by atoms with E-state index in [4.69, 9.17) is 22.1 Å². The van der Waals surface area contributed by atoms with Crippen LogP contribution in [0.15, 0.2) is 29.1 Å². The lowest BCUT2D eigenvalue weighted by Gasteiger charge is -2.06. The Morgan fingerprint density at radius 3 is 2.76 bits per heavy atom. The van der Waals surface area contributed by atoms with Crippen LogP contribution in [0.4, 0.5) is 5.82 Å². The first kappa shape index (κ1) is 11.5. The zero-order valence-electron chi connectivity index (χ0n) is 9.03. The van der Waals surface area contributed by atoms with Crippen LogP contribution in [-0.2, 0) is 0 Å². The van der Waals surface area contributed by atoms with Crippen molar-refractivity contribution in [2.75, 3.05) is 12.8 Å². The van der Waals surface area contributed by atoms with Crippen LogP contribution in [0.5, 0.6) is 5.75 Å². The van der Waals surface area contributed by atoms with E-state index in [1.807, 2.05) is 0 Å². The number of methoxy groups -OCH3 is 1. The van der Waals surface area contributed by atoms with Crippen molar-refractivity contribution in [1.82, 2.24) is 9.97 Å². The number of ether oxygens (including phenoxy) is 1. The van der Waals surface area contributed by atoms with Gasteiger partial charge in [0.2, 0.25) is 0 Å². The van der Waals surface area contributed by atoms with Gasteiger partial charge in [-0.2, -0.15) is 4.98 Å². The number of aromatic nitrogens is 2. The molecule has 88 valence electrons. The second-order valence-electron chi connectivity index (χ2n) is 3.37. The molecular weight excluding hydrogens is 242 g/mol. The molecule has 3 N–H and O–H groups in total. The maximum atomic E-state index is 11.2. The van der Waals surface area contributed by atoms with E-state index in [9.17, 15) is 4.79 Å². The summed E-state index contributed by atoms with van der Waals surface area (Å²) in [5.41, 5.74) is 6.31. The van der Waals surface area contributed by atoms with E-state index in [2.05, 4.69) is 9.97 Å². The predicted octanol–water partition coefficient (Wildman–Crippen LogP) is 1.68. The number of nitrogens with one attached hydrogen (secondary N) is 1. The quantitative estimate of drug-likeness (QED) is 0.851. The molecule has 0 saturated carbocycles. The Kier molecular flexibility index (Phi) is 3.01. The highest BCUT2D eigenvalue weighted by molar-refractivity contribution is 6.32. The van der Waals surface area contributed by atoms with Crippen molar-refractivity contribution in [3.63, 3.8) is 0 Å². The molecule has 0 aliphatic rings. The molecule has 0 unspecified atom stereocenters. The van der Waals surface area contributed by atoms with Crippen molar-refractivity contribution >= 4 is 17.4 Å². The summed E-state index contributed by atoms with van der Waals surface area (Å²) in [5, 5.41) is 0.459. The van der Waals surface area contributed by atoms with Crippen molar-refractivity contribution in [3.05, 3.63) is 39.8 Å². The molecule has 1 aromatic carbocycles. The van der Waals surface area contributed by atoms with E-state index in [0.717, 1.165) is 5.56 Å². The van der Waals surface area contributed by atoms with Gasteiger partial charge in [-0.1, -0.05) is 11.6 Å². The van der Waals surface area contributed by atoms with E-state index in [0.29, 0.717) is 16.5 Å². The molecule has 0 atom stereocenters. The Labute approximate surface area is 102 Å². The molecule has 0 aliphatic heterocycles. The molecule has 2 rings (SSSR count). The van der Waals surface area contributed by atoms with E-state index in [1.54, 1.807) is 24.3 Å². The van der Waals surface area contributed by atoms with Crippen LogP contribution in [-0.4, -0.2) is 17.1 Å². The van der Waals surface area contributed by atoms with Crippen LogP contribution in [0.2, 0.25) is 5.02 Å². The van der Waals surface area contributed by atoms with E-state index in [-0.39, 0.29) is 5.82 Å². The van der Waals surface area contributed by atoms with Crippen LogP contribution < -0.4 is 16.2 Å². The van der Waals surface area contributed by atoms with Crippen molar-refractivity contribution < 1.29 is 4.74 Å². The third kappa shape index (κ3) is 2.39. The number of benzene rings is 1. The summed E-state index contributed by atoms with van der Waals surface area (Å²) in [5.74, 6) is 0.732. The lowest BCUT2D eigenvalue weighted by molar-refractivity contribution is 0.415. The van der Waals surface area contributed by atoms with Gasteiger partial charge in [-0.05, 0) is 23.8 Å². The normalized spacial score (nSPS) is 10.2. The number of aromatic amines is 1. The van der Waals surface area contributed by atoms with Gasteiger partial charge >= 0.3 is 5.69 Å². The first-order valence-corrected chi connectivity index (χ1v) is 5.18. The predicted molar refractivity (Wildman–Crippen MR) is 66.3 cm³/mol. The number of nitrogens with zero attached hydrogens (tertiary/aromatic N) is 1. The Bertz CT molecular complexity index is 610. The standard InChI is InChI=1S/C11H10ClN3O2/c1-17-9-3-2-6(4-7(9)12)8-5-10(13)15-11(16)14-8/h2-5H,1H3,(H3,13,14,15,16). The number of nitrogen functional groups attached to an aromatic ring is 1. The minimum atomic E-state index is -0.494. The van der Waals surface area contributed by atoms with Gasteiger partial charge < -0.3 is 15.5 Å². The maximum absolute atomic E-state index is 11.2. The monoisotopic (exact) mass is 251 g/mol. The van der Waals surface area contributed by atoms with Crippen LogP contribution >= 0.6 is 11.6 Å². The highest BCUT2D eigenvalue weighted by Crippen LogP contribution is 2.29. The van der Waals surface area contributed by atoms with Gasteiger partial charge in [0.25, 0.3) is 0 Å². The lowest BCUT2D eigenvalue weighted by atomic mass is 10.1. The number of anilines is 1. The first-order valence-electron chi connectivity index (χ1n) is 4.81. The summed E-state index contributed by atoms with van der Waals surface area (Å²) in [4.78, 5) is 17.3. The fourth-order valence-electron chi connectivity index (χ4n) is 1.47. The summed E-state index contributed by atoms with van der Waals surface area (Å²) in [6.45, 7) is 0. The van der Waals surface area contributed by atoms with Crippen molar-refractivity contribution in [2.24, 2.45) is 0 Å². The zero-order chi connectivity index (χ0) is 12.4. The minimum absolute atomic E-state index is 0.163. The minimum Gasteiger partial charge on any atom is -0.495 e. The highest BCUT2D eigenvalue weighted by atomic mass is 35.5. The Hall–Kier alpha value is -2.01. The van der Waals surface area contributed by atoms with Crippen molar-refractivity contribution in [3.8, 4) is 17.0 Å². The number of hydrogen-bond acceptors (Lipinski definition) is 4. The van der Waals surface area contributed by atoms with Crippen LogP contribution in [0.1, 0.15) is 0 Å². The van der Waals surface area contributed by atoms with E-state index >= 15 is 0 Å². The first-order chi connectivity index (χ1) is 8.10. The smallest absolute Gasteiger partial charge is 0.347 e. The van der Waals surface area contributed by atoms with Crippen molar-refractivity contribution in [1.29, 1.82) is 0 Å². The number of halogens is 1. The fraction of sp³-hybridized carbons (Fsp3) is 0.0909. The van der Waals surface area contributed by atoms with E-state index < -0.39 is 5.69 Å². The molecule has 1 heterocycles. The largest absolute Gasteiger partial charge is 0.495 e.